The number of carbonyl (C=O) groups is 2. The fourth-order valence-corrected chi connectivity index (χ4v) is 2.89. The summed E-state index contributed by atoms with van der Waals surface area (Å²) in [5, 5.41) is 2.29. The molecular weight excluding hydrogens is 338 g/mol. The molecule has 0 saturated carbocycles. The monoisotopic (exact) mass is 359 g/mol. The summed E-state index contributed by atoms with van der Waals surface area (Å²) in [6, 6.07) is 16.6. The van der Waals surface area contributed by atoms with E-state index in [2.05, 4.69) is 5.32 Å². The Balaban J connectivity index is 1.75. The van der Waals surface area contributed by atoms with Crippen LogP contribution in [-0.4, -0.2) is 30.3 Å². The topological polar surface area (TPSA) is 64.6 Å². The number of benzene rings is 2. The minimum atomic E-state index is -0.421. The van der Waals surface area contributed by atoms with Crippen molar-refractivity contribution >= 4 is 29.3 Å². The van der Waals surface area contributed by atoms with Crippen molar-refractivity contribution in [3.8, 4) is 5.75 Å². The number of carbonyl (C=O) groups excluding carboxylic acids is 2. The average Bonchev–Trinajstić information content (AvgIpc) is 2.62. The van der Waals surface area contributed by atoms with Crippen LogP contribution in [0.15, 0.2) is 59.5 Å². The summed E-state index contributed by atoms with van der Waals surface area (Å²) in [7, 11) is 0. The van der Waals surface area contributed by atoms with Gasteiger partial charge in [-0.05, 0) is 50.2 Å². The third kappa shape index (κ3) is 6.51. The minimum Gasteiger partial charge on any atom is -0.494 e. The summed E-state index contributed by atoms with van der Waals surface area (Å²) in [6.07, 6.45) is 0. The highest BCUT2D eigenvalue weighted by Crippen LogP contribution is 2.23. The lowest BCUT2D eigenvalue weighted by Gasteiger charge is -2.11. The molecule has 2 rings (SSSR count). The van der Waals surface area contributed by atoms with E-state index in [4.69, 9.17) is 9.47 Å². The molecular formula is C19H21NO4S. The molecule has 0 bridgehead atoms. The summed E-state index contributed by atoms with van der Waals surface area (Å²) >= 11 is 1.39. The van der Waals surface area contributed by atoms with Crippen molar-refractivity contribution in [3.05, 3.63) is 54.6 Å². The molecule has 2 aromatic rings. The van der Waals surface area contributed by atoms with Gasteiger partial charge in [0.25, 0.3) is 5.91 Å². The van der Waals surface area contributed by atoms with E-state index < -0.39 is 5.97 Å². The predicted molar refractivity (Wildman–Crippen MR) is 99.0 cm³/mol. The molecule has 6 heteroatoms. The van der Waals surface area contributed by atoms with Gasteiger partial charge in [-0.2, -0.15) is 0 Å². The van der Waals surface area contributed by atoms with E-state index in [0.717, 1.165) is 10.6 Å². The zero-order valence-corrected chi connectivity index (χ0v) is 15.0. The number of hydrogen-bond donors (Lipinski definition) is 1. The number of rotatable bonds is 8. The molecule has 5 nitrogen and oxygen atoms in total. The molecule has 132 valence electrons. The Morgan fingerprint density at radius 3 is 2.40 bits per heavy atom. The van der Waals surface area contributed by atoms with Crippen molar-refractivity contribution < 1.29 is 19.1 Å². The van der Waals surface area contributed by atoms with Gasteiger partial charge in [0.1, 0.15) is 11.0 Å². The highest BCUT2D eigenvalue weighted by Gasteiger charge is 2.17. The van der Waals surface area contributed by atoms with Crippen molar-refractivity contribution in [2.45, 2.75) is 24.0 Å². The maximum absolute atomic E-state index is 12.0. The fraction of sp³-hybridized carbons (Fsp3) is 0.263. The van der Waals surface area contributed by atoms with Gasteiger partial charge in [-0.3, -0.25) is 9.59 Å². The lowest BCUT2D eigenvalue weighted by Crippen LogP contribution is -2.24. The number of anilines is 1. The number of ether oxygens (including phenoxy) is 2. The molecule has 2 aromatic carbocycles. The second kappa shape index (κ2) is 9.74. The van der Waals surface area contributed by atoms with Crippen LogP contribution in [-0.2, 0) is 14.3 Å². The van der Waals surface area contributed by atoms with Gasteiger partial charge in [-0.15, -0.1) is 11.8 Å². The molecule has 0 aromatic heterocycles. The zero-order valence-electron chi connectivity index (χ0n) is 14.2. The molecule has 0 aliphatic carbocycles. The molecule has 0 aliphatic rings. The Hall–Kier alpha value is -2.47. The van der Waals surface area contributed by atoms with Crippen LogP contribution in [0.25, 0.3) is 0 Å². The summed E-state index contributed by atoms with van der Waals surface area (Å²) in [6.45, 7) is 3.93. The highest BCUT2D eigenvalue weighted by atomic mass is 32.2. The Morgan fingerprint density at radius 2 is 1.76 bits per heavy atom. The van der Waals surface area contributed by atoms with Gasteiger partial charge in [-0.25, -0.2) is 0 Å². The normalized spacial score (nSPS) is 11.4. The van der Waals surface area contributed by atoms with Crippen LogP contribution < -0.4 is 10.1 Å². The van der Waals surface area contributed by atoms with Crippen LogP contribution in [0.2, 0.25) is 0 Å². The van der Waals surface area contributed by atoms with Gasteiger partial charge >= 0.3 is 5.97 Å². The van der Waals surface area contributed by atoms with Crippen molar-refractivity contribution in [3.63, 3.8) is 0 Å². The smallest absolute Gasteiger partial charge is 0.319 e. The Bertz CT molecular complexity index is 688. The van der Waals surface area contributed by atoms with Crippen LogP contribution in [0.4, 0.5) is 5.69 Å². The third-order valence-corrected chi connectivity index (χ3v) is 4.27. The van der Waals surface area contributed by atoms with Gasteiger partial charge in [0.05, 0.1) is 6.61 Å². The minimum absolute atomic E-state index is 0.314. The molecule has 0 heterocycles. The number of hydrogen-bond acceptors (Lipinski definition) is 5. The largest absolute Gasteiger partial charge is 0.494 e. The Labute approximate surface area is 151 Å². The first-order chi connectivity index (χ1) is 12.1. The van der Waals surface area contributed by atoms with Crippen LogP contribution in [0.1, 0.15) is 13.8 Å². The second-order valence-electron chi connectivity index (χ2n) is 5.19. The first-order valence-electron chi connectivity index (χ1n) is 7.99. The molecule has 0 unspecified atom stereocenters. The van der Waals surface area contributed by atoms with E-state index in [9.17, 15) is 9.59 Å². The van der Waals surface area contributed by atoms with Gasteiger partial charge in [0.15, 0.2) is 6.61 Å². The lowest BCUT2D eigenvalue weighted by atomic mass is 10.3. The van der Waals surface area contributed by atoms with E-state index in [0.29, 0.717) is 12.3 Å². The van der Waals surface area contributed by atoms with Gasteiger partial charge < -0.3 is 14.8 Å². The number of amides is 1. The van der Waals surface area contributed by atoms with Crippen LogP contribution >= 0.6 is 11.8 Å². The van der Waals surface area contributed by atoms with Crippen molar-refractivity contribution in [1.82, 2.24) is 0 Å². The molecule has 25 heavy (non-hydrogen) atoms. The molecule has 0 saturated heterocycles. The summed E-state index contributed by atoms with van der Waals surface area (Å²) in [5.74, 6) is -0.0659. The third-order valence-electron chi connectivity index (χ3n) is 3.18. The highest BCUT2D eigenvalue weighted by molar-refractivity contribution is 8.00. The van der Waals surface area contributed by atoms with Crippen molar-refractivity contribution in [1.29, 1.82) is 0 Å². The number of thioether (sulfide) groups is 1. The van der Waals surface area contributed by atoms with Gasteiger partial charge in [-0.1, -0.05) is 18.2 Å². The lowest BCUT2D eigenvalue weighted by molar-refractivity contribution is -0.146. The van der Waals surface area contributed by atoms with Crippen LogP contribution in [0, 0.1) is 0 Å². The average molecular weight is 359 g/mol. The SMILES string of the molecule is CCOc1ccc(NC(=O)COC(=O)[C@H](C)Sc2ccccc2)cc1. The molecule has 1 atom stereocenters. The van der Waals surface area contributed by atoms with Crippen LogP contribution in [0.5, 0.6) is 5.75 Å². The molecule has 0 spiro atoms. The standard InChI is InChI=1S/C19H21NO4S/c1-3-23-16-11-9-15(10-12-16)20-18(21)13-24-19(22)14(2)25-17-7-5-4-6-8-17/h4-12,14H,3,13H2,1-2H3,(H,20,21)/t14-/m0/s1. The first kappa shape index (κ1) is 18.9. The molecule has 0 radical (unpaired) electrons. The van der Waals surface area contributed by atoms with Crippen LogP contribution in [0.3, 0.4) is 0 Å². The maximum atomic E-state index is 12.0. The molecule has 0 aliphatic heterocycles. The zero-order chi connectivity index (χ0) is 18.1. The summed E-state index contributed by atoms with van der Waals surface area (Å²) < 4.78 is 10.4. The van der Waals surface area contributed by atoms with Gasteiger partial charge in [0.2, 0.25) is 0 Å². The molecule has 1 N–H and O–H groups in total. The summed E-state index contributed by atoms with van der Waals surface area (Å²) in [5.41, 5.74) is 0.621. The van der Waals surface area contributed by atoms with E-state index in [1.54, 1.807) is 31.2 Å². The van der Waals surface area contributed by atoms with Crippen molar-refractivity contribution in [2.75, 3.05) is 18.5 Å². The second-order valence-corrected chi connectivity index (χ2v) is 6.60. The van der Waals surface area contributed by atoms with E-state index >= 15 is 0 Å². The van der Waals surface area contributed by atoms with Crippen molar-refractivity contribution in [2.24, 2.45) is 0 Å². The number of esters is 1. The van der Waals surface area contributed by atoms with Gasteiger partial charge in [0, 0.05) is 10.6 Å². The predicted octanol–water partition coefficient (Wildman–Crippen LogP) is 3.75. The van der Waals surface area contributed by atoms with E-state index in [1.165, 1.54) is 11.8 Å². The van der Waals surface area contributed by atoms with E-state index in [-0.39, 0.29) is 17.8 Å². The van der Waals surface area contributed by atoms with E-state index in [1.807, 2.05) is 37.3 Å². The summed E-state index contributed by atoms with van der Waals surface area (Å²) in [4.78, 5) is 24.8. The fourth-order valence-electron chi connectivity index (χ4n) is 2.00. The number of nitrogens with one attached hydrogen (secondary N) is 1. The Morgan fingerprint density at radius 1 is 1.08 bits per heavy atom. The molecule has 1 amide bonds. The first-order valence-corrected chi connectivity index (χ1v) is 8.87. The molecule has 0 fully saturated rings. The maximum Gasteiger partial charge on any atom is 0.319 e. The quantitative estimate of drug-likeness (QED) is 0.574. The Kier molecular flexibility index (Phi) is 7.35.